The number of ether oxygens (including phenoxy) is 2. The third-order valence-electron chi connectivity index (χ3n) is 13.7. The predicted molar refractivity (Wildman–Crippen MR) is 264 cm³/mol. The normalized spacial score (nSPS) is 16.5. The summed E-state index contributed by atoms with van der Waals surface area (Å²) in [6.45, 7) is 13.3. The van der Waals surface area contributed by atoms with E-state index >= 15 is 0 Å². The summed E-state index contributed by atoms with van der Waals surface area (Å²) < 4.78 is 90.3. The molecule has 0 aliphatic carbocycles. The molecule has 0 radical (unpaired) electrons. The number of carbonyl (C=O) groups is 5. The molecule has 0 aromatic heterocycles. The summed E-state index contributed by atoms with van der Waals surface area (Å²) in [5.74, 6) is -2.81. The average Bonchev–Trinajstić information content (AvgIpc) is 3.36. The number of hydrogen-bond donors (Lipinski definition) is 1. The van der Waals surface area contributed by atoms with Crippen LogP contribution in [0.1, 0.15) is 109 Å². The summed E-state index contributed by atoms with van der Waals surface area (Å²) in [6, 6.07) is 25.6. The second-order valence-corrected chi connectivity index (χ2v) is 18.5. The summed E-state index contributed by atoms with van der Waals surface area (Å²) in [4.78, 5) is 65.7. The molecule has 2 fully saturated rings. The minimum atomic E-state index is -4.92. The molecule has 1 N–H and O–H groups in total. The Morgan fingerprint density at radius 1 is 0.562 bits per heavy atom. The number of benzene rings is 4. The molecule has 4 aliphatic rings. The number of fused-ring (bicyclic) bond motifs is 2. The van der Waals surface area contributed by atoms with Crippen molar-refractivity contribution in [3.8, 4) is 11.5 Å². The molecular weight excluding hydrogens is 957 g/mol. The first kappa shape index (κ1) is 53.7. The topological polar surface area (TPSA) is 129 Å². The van der Waals surface area contributed by atoms with E-state index in [1.165, 1.54) is 6.92 Å². The van der Waals surface area contributed by atoms with E-state index in [1.54, 1.807) is 52.3 Å². The number of piperidine rings is 2. The van der Waals surface area contributed by atoms with Crippen molar-refractivity contribution in [3.63, 3.8) is 0 Å². The summed E-state index contributed by atoms with van der Waals surface area (Å²) in [5, 5.41) is 2.76. The van der Waals surface area contributed by atoms with Crippen LogP contribution in [0.5, 0.6) is 11.5 Å². The number of nitrogens with zero attached hydrogens (tertiary/aromatic N) is 4. The standard InChI is InChI=1S/C28H30F3N3O4.C27H29F3N2O3/c1-4-33(5-2)25(36)20-8-6-19(7-9-20)23-17-27(12-14-34(15-13-27)26(37)28(29,30)31)38-24-11-10-21(16-22(23)24)32-18(3)35;1-4-31(5-2)24(33)20-9-7-19(8-10-20)22-17-26(35-23-11-6-18(3)16-21(22)23)12-14-32(15-13-26)25(34)27(28,29)30/h6-11,16-17H,4-5,12-15H2,1-3H3,(H,32,35);6-11,16-17H,4-5,12-15H2,1-3H3. The van der Waals surface area contributed by atoms with E-state index in [-0.39, 0.29) is 69.6 Å². The summed E-state index contributed by atoms with van der Waals surface area (Å²) in [6.07, 6.45) is -5.06. The second-order valence-electron chi connectivity index (χ2n) is 18.5. The molecule has 2 spiro atoms. The Bertz CT molecular complexity index is 2780. The van der Waals surface area contributed by atoms with Crippen LogP contribution < -0.4 is 14.8 Å². The molecule has 388 valence electrons. The molecule has 12 nitrogen and oxygen atoms in total. The van der Waals surface area contributed by atoms with Crippen LogP contribution in [0.3, 0.4) is 0 Å². The van der Waals surface area contributed by atoms with E-state index in [4.69, 9.17) is 9.47 Å². The van der Waals surface area contributed by atoms with Crippen molar-refractivity contribution in [2.75, 3.05) is 57.7 Å². The SMILES string of the molecule is CCN(CC)C(=O)c1ccc(C2=CC3(CCN(C(=O)C(F)(F)F)CC3)Oc3ccc(C)cc32)cc1.CCN(CC)C(=O)c1ccc(C2=CC3(CCN(C(=O)C(F)(F)F)CC3)Oc3ccc(NC(C)=O)cc32)cc1. The van der Waals surface area contributed by atoms with Crippen LogP contribution in [0.4, 0.5) is 32.0 Å². The van der Waals surface area contributed by atoms with Crippen LogP contribution in [-0.2, 0) is 14.4 Å². The van der Waals surface area contributed by atoms with Gasteiger partial charge < -0.3 is 34.4 Å². The zero-order valence-corrected chi connectivity index (χ0v) is 41.6. The maximum absolute atomic E-state index is 13.0. The van der Waals surface area contributed by atoms with Gasteiger partial charge in [0.05, 0.1) is 0 Å². The highest BCUT2D eigenvalue weighted by molar-refractivity contribution is 5.97. The number of rotatable bonds is 9. The minimum Gasteiger partial charge on any atom is -0.482 e. The number of aryl methyl sites for hydroxylation is 1. The van der Waals surface area contributed by atoms with Crippen molar-refractivity contribution in [1.82, 2.24) is 19.6 Å². The van der Waals surface area contributed by atoms with Gasteiger partial charge in [-0.3, -0.25) is 24.0 Å². The predicted octanol–water partition coefficient (Wildman–Crippen LogP) is 10.1. The third kappa shape index (κ3) is 11.9. The van der Waals surface area contributed by atoms with Crippen molar-refractivity contribution in [1.29, 1.82) is 0 Å². The fourth-order valence-electron chi connectivity index (χ4n) is 9.71. The smallest absolute Gasteiger partial charge is 0.471 e. The van der Waals surface area contributed by atoms with E-state index < -0.39 is 35.4 Å². The minimum absolute atomic E-state index is 0.0306. The molecule has 0 bridgehead atoms. The lowest BCUT2D eigenvalue weighted by molar-refractivity contribution is -0.187. The van der Waals surface area contributed by atoms with Gasteiger partial charge in [0, 0.05) is 113 Å². The fraction of sp³-hybridized carbons (Fsp3) is 0.400. The molecule has 4 aromatic rings. The quantitative estimate of drug-likeness (QED) is 0.165. The van der Waals surface area contributed by atoms with Gasteiger partial charge in [-0.25, -0.2) is 0 Å². The van der Waals surface area contributed by atoms with Crippen molar-refractivity contribution < 1.29 is 59.8 Å². The summed E-state index contributed by atoms with van der Waals surface area (Å²) in [7, 11) is 0. The van der Waals surface area contributed by atoms with Gasteiger partial charge in [0.15, 0.2) is 0 Å². The van der Waals surface area contributed by atoms with Gasteiger partial charge >= 0.3 is 24.2 Å². The van der Waals surface area contributed by atoms with E-state index in [0.29, 0.717) is 60.1 Å². The van der Waals surface area contributed by atoms with Crippen LogP contribution in [0, 0.1) is 6.92 Å². The van der Waals surface area contributed by atoms with Gasteiger partial charge in [-0.05, 0) is 124 Å². The lowest BCUT2D eigenvalue weighted by atomic mass is 9.82. The first-order valence-corrected chi connectivity index (χ1v) is 24.4. The number of amides is 5. The van der Waals surface area contributed by atoms with Gasteiger partial charge in [-0.1, -0.05) is 35.9 Å². The molecule has 4 aliphatic heterocycles. The number of halogens is 6. The van der Waals surface area contributed by atoms with Gasteiger partial charge in [0.25, 0.3) is 11.8 Å². The molecule has 8 rings (SSSR count). The van der Waals surface area contributed by atoms with Crippen LogP contribution in [0.2, 0.25) is 0 Å². The fourth-order valence-corrected chi connectivity index (χ4v) is 9.71. The van der Waals surface area contributed by atoms with Crippen molar-refractivity contribution in [3.05, 3.63) is 136 Å². The summed E-state index contributed by atoms with van der Waals surface area (Å²) >= 11 is 0. The first-order valence-electron chi connectivity index (χ1n) is 24.4. The molecule has 2 saturated heterocycles. The molecular formula is C55H59F6N5O7. The number of likely N-dealkylation sites (tertiary alicyclic amines) is 2. The molecule has 0 saturated carbocycles. The Balaban J connectivity index is 0.000000214. The molecule has 73 heavy (non-hydrogen) atoms. The van der Waals surface area contributed by atoms with Crippen LogP contribution in [0.25, 0.3) is 11.1 Å². The molecule has 4 heterocycles. The van der Waals surface area contributed by atoms with Crippen molar-refractivity contribution in [2.45, 2.75) is 90.8 Å². The Kier molecular flexibility index (Phi) is 15.8. The lowest BCUT2D eigenvalue weighted by Crippen LogP contribution is -2.52. The third-order valence-corrected chi connectivity index (χ3v) is 13.7. The van der Waals surface area contributed by atoms with Crippen LogP contribution in [0.15, 0.2) is 97.1 Å². The number of carbonyl (C=O) groups excluding carboxylic acids is 5. The van der Waals surface area contributed by atoms with Crippen LogP contribution >= 0.6 is 0 Å². The van der Waals surface area contributed by atoms with Crippen molar-refractivity contribution >= 4 is 46.4 Å². The van der Waals surface area contributed by atoms with E-state index in [1.807, 2.05) is 89.2 Å². The zero-order chi connectivity index (χ0) is 53.0. The molecule has 0 atom stereocenters. The Morgan fingerprint density at radius 2 is 0.932 bits per heavy atom. The van der Waals surface area contributed by atoms with Crippen LogP contribution in [-0.4, -0.2) is 125 Å². The Labute approximate surface area is 420 Å². The molecule has 4 aromatic carbocycles. The number of alkyl halides is 6. The number of nitrogens with one attached hydrogen (secondary N) is 1. The molecule has 18 heteroatoms. The van der Waals surface area contributed by atoms with Gasteiger partial charge in [-0.2, -0.15) is 26.3 Å². The Hall–Kier alpha value is -7.11. The van der Waals surface area contributed by atoms with Gasteiger partial charge in [-0.15, -0.1) is 0 Å². The number of hydrogen-bond acceptors (Lipinski definition) is 7. The highest BCUT2D eigenvalue weighted by Gasteiger charge is 2.48. The average molecular weight is 1020 g/mol. The highest BCUT2D eigenvalue weighted by atomic mass is 19.4. The largest absolute Gasteiger partial charge is 0.482 e. The first-order chi connectivity index (χ1) is 34.5. The Morgan fingerprint density at radius 3 is 1.29 bits per heavy atom. The number of anilines is 1. The molecule has 5 amide bonds. The maximum Gasteiger partial charge on any atom is 0.471 e. The lowest BCUT2D eigenvalue weighted by Gasteiger charge is -2.43. The maximum atomic E-state index is 13.0. The second kappa shape index (κ2) is 21.5. The van der Waals surface area contributed by atoms with E-state index in [0.717, 1.165) is 43.2 Å². The summed E-state index contributed by atoms with van der Waals surface area (Å²) in [5.41, 5.74) is 6.02. The zero-order valence-electron chi connectivity index (χ0n) is 41.6. The van der Waals surface area contributed by atoms with E-state index in [2.05, 4.69) is 5.32 Å². The van der Waals surface area contributed by atoms with E-state index in [9.17, 15) is 50.3 Å². The van der Waals surface area contributed by atoms with Gasteiger partial charge in [0.1, 0.15) is 22.7 Å². The van der Waals surface area contributed by atoms with Crippen molar-refractivity contribution in [2.24, 2.45) is 0 Å². The monoisotopic (exact) mass is 1020 g/mol. The molecule has 0 unspecified atom stereocenters. The van der Waals surface area contributed by atoms with Gasteiger partial charge in [0.2, 0.25) is 5.91 Å². The highest BCUT2D eigenvalue weighted by Crippen LogP contribution is 2.46.